The molecular formula is C22H17NS. The van der Waals surface area contributed by atoms with Gasteiger partial charge in [-0.3, -0.25) is 0 Å². The second-order valence-corrected chi connectivity index (χ2v) is 6.80. The predicted octanol–water partition coefficient (Wildman–Crippen LogP) is 6.19. The Hall–Kier alpha value is -2.71. The van der Waals surface area contributed by atoms with Gasteiger partial charge in [-0.1, -0.05) is 66.7 Å². The van der Waals surface area contributed by atoms with Gasteiger partial charge in [-0.25, -0.2) is 4.98 Å². The first-order chi connectivity index (χ1) is 11.8. The normalized spacial score (nSPS) is 11.8. The minimum Gasteiger partial charge on any atom is -0.236 e. The summed E-state index contributed by atoms with van der Waals surface area (Å²) in [6.07, 6.45) is 2.25. The van der Waals surface area contributed by atoms with Crippen LogP contribution < -0.4 is 0 Å². The Bertz CT molecular complexity index is 979. The van der Waals surface area contributed by atoms with E-state index >= 15 is 0 Å². The van der Waals surface area contributed by atoms with Gasteiger partial charge in [0.25, 0.3) is 0 Å². The fourth-order valence-corrected chi connectivity index (χ4v) is 3.78. The molecule has 0 unspecified atom stereocenters. The first-order valence-corrected chi connectivity index (χ1v) is 8.81. The van der Waals surface area contributed by atoms with Crippen LogP contribution in [0.15, 0.2) is 78.9 Å². The number of aromatic nitrogens is 1. The molecule has 0 fully saturated rings. The third-order valence-electron chi connectivity index (χ3n) is 4.10. The highest BCUT2D eigenvalue weighted by atomic mass is 32.1. The maximum Gasteiger partial charge on any atom is 0.125 e. The summed E-state index contributed by atoms with van der Waals surface area (Å²) in [5.74, 6) is 0. The lowest BCUT2D eigenvalue weighted by atomic mass is 10.0. The molecule has 0 amide bonds. The van der Waals surface area contributed by atoms with Crippen molar-refractivity contribution in [1.82, 2.24) is 4.98 Å². The monoisotopic (exact) mass is 327 g/mol. The molecule has 0 atom stereocenters. The van der Waals surface area contributed by atoms with Crippen LogP contribution in [-0.4, -0.2) is 4.98 Å². The SMILES string of the molecule is Cc1ccccc1/C=C(\c1ccccc1)c1nc2ccccc2s1. The van der Waals surface area contributed by atoms with E-state index < -0.39 is 0 Å². The zero-order valence-electron chi connectivity index (χ0n) is 13.4. The summed E-state index contributed by atoms with van der Waals surface area (Å²) in [5.41, 5.74) is 5.93. The van der Waals surface area contributed by atoms with Gasteiger partial charge in [0.2, 0.25) is 0 Å². The molecule has 24 heavy (non-hydrogen) atoms. The highest BCUT2D eigenvalue weighted by Crippen LogP contribution is 2.32. The summed E-state index contributed by atoms with van der Waals surface area (Å²) >= 11 is 1.75. The van der Waals surface area contributed by atoms with E-state index in [1.165, 1.54) is 27.0 Å². The number of fused-ring (bicyclic) bond motifs is 1. The Kier molecular flexibility index (Phi) is 3.97. The molecule has 0 aliphatic rings. The number of hydrogen-bond acceptors (Lipinski definition) is 2. The molecule has 0 spiro atoms. The third-order valence-corrected chi connectivity index (χ3v) is 5.17. The molecule has 1 aromatic heterocycles. The van der Waals surface area contributed by atoms with Gasteiger partial charge in [-0.05, 0) is 41.8 Å². The Balaban J connectivity index is 1.92. The highest BCUT2D eigenvalue weighted by Gasteiger charge is 2.11. The van der Waals surface area contributed by atoms with Crippen molar-refractivity contribution in [3.05, 3.63) is 101 Å². The quantitative estimate of drug-likeness (QED) is 0.409. The van der Waals surface area contributed by atoms with Gasteiger partial charge < -0.3 is 0 Å². The summed E-state index contributed by atoms with van der Waals surface area (Å²) in [7, 11) is 0. The lowest BCUT2D eigenvalue weighted by Gasteiger charge is -2.07. The molecule has 0 aliphatic carbocycles. The Morgan fingerprint density at radius 1 is 0.833 bits per heavy atom. The molecule has 1 nitrogen and oxygen atoms in total. The Morgan fingerprint density at radius 2 is 1.54 bits per heavy atom. The molecule has 2 heteroatoms. The van der Waals surface area contributed by atoms with Crippen molar-refractivity contribution in [1.29, 1.82) is 0 Å². The van der Waals surface area contributed by atoms with Crippen LogP contribution >= 0.6 is 11.3 Å². The van der Waals surface area contributed by atoms with Crippen LogP contribution in [0.3, 0.4) is 0 Å². The number of para-hydroxylation sites is 1. The van der Waals surface area contributed by atoms with Crippen LogP contribution in [0, 0.1) is 6.92 Å². The van der Waals surface area contributed by atoms with Crippen molar-refractivity contribution in [2.75, 3.05) is 0 Å². The topological polar surface area (TPSA) is 12.9 Å². The molecule has 0 saturated carbocycles. The van der Waals surface area contributed by atoms with Gasteiger partial charge in [-0.2, -0.15) is 0 Å². The predicted molar refractivity (Wildman–Crippen MR) is 104 cm³/mol. The molecule has 0 N–H and O–H groups in total. The first kappa shape index (κ1) is 14.9. The van der Waals surface area contributed by atoms with Crippen molar-refractivity contribution in [2.24, 2.45) is 0 Å². The lowest BCUT2D eigenvalue weighted by Crippen LogP contribution is -1.88. The fourth-order valence-electron chi connectivity index (χ4n) is 2.78. The summed E-state index contributed by atoms with van der Waals surface area (Å²) < 4.78 is 1.22. The molecule has 4 aromatic rings. The van der Waals surface area contributed by atoms with Crippen molar-refractivity contribution >= 4 is 33.2 Å². The molecule has 0 saturated heterocycles. The molecule has 1 heterocycles. The standard InChI is InChI=1S/C22H17NS/c1-16-9-5-6-12-18(16)15-19(17-10-3-2-4-11-17)22-23-20-13-7-8-14-21(20)24-22/h2-15H,1H3/b19-15+. The second-order valence-electron chi connectivity index (χ2n) is 5.77. The van der Waals surface area contributed by atoms with Crippen LogP contribution in [0.1, 0.15) is 21.7 Å². The number of benzene rings is 3. The van der Waals surface area contributed by atoms with Gasteiger partial charge in [0, 0.05) is 5.57 Å². The van der Waals surface area contributed by atoms with Gasteiger partial charge >= 0.3 is 0 Å². The average Bonchev–Trinajstić information content (AvgIpc) is 3.05. The summed E-state index contributed by atoms with van der Waals surface area (Å²) in [6.45, 7) is 2.15. The minimum atomic E-state index is 1.06. The third kappa shape index (κ3) is 2.89. The maximum absolute atomic E-state index is 4.87. The first-order valence-electron chi connectivity index (χ1n) is 8.00. The summed E-state index contributed by atoms with van der Waals surface area (Å²) in [6, 6.07) is 27.3. The molecule has 0 bridgehead atoms. The second kappa shape index (κ2) is 6.42. The van der Waals surface area contributed by atoms with E-state index in [2.05, 4.69) is 79.7 Å². The summed E-state index contributed by atoms with van der Waals surface area (Å²) in [4.78, 5) is 4.87. The summed E-state index contributed by atoms with van der Waals surface area (Å²) in [5, 5.41) is 1.06. The van der Waals surface area contributed by atoms with Crippen molar-refractivity contribution in [2.45, 2.75) is 6.92 Å². The smallest absolute Gasteiger partial charge is 0.125 e. The van der Waals surface area contributed by atoms with E-state index in [4.69, 9.17) is 4.98 Å². The average molecular weight is 327 g/mol. The van der Waals surface area contributed by atoms with Crippen LogP contribution in [0.2, 0.25) is 0 Å². The van der Waals surface area contributed by atoms with E-state index in [1.54, 1.807) is 11.3 Å². The van der Waals surface area contributed by atoms with Gasteiger partial charge in [0.15, 0.2) is 0 Å². The van der Waals surface area contributed by atoms with E-state index in [0.717, 1.165) is 10.5 Å². The molecule has 3 aromatic carbocycles. The Morgan fingerprint density at radius 3 is 2.33 bits per heavy atom. The van der Waals surface area contributed by atoms with Gasteiger partial charge in [0.1, 0.15) is 5.01 Å². The molecule has 0 radical (unpaired) electrons. The number of thiazole rings is 1. The highest BCUT2D eigenvalue weighted by molar-refractivity contribution is 7.19. The van der Waals surface area contributed by atoms with Crippen LogP contribution in [0.25, 0.3) is 21.9 Å². The zero-order valence-corrected chi connectivity index (χ0v) is 14.3. The number of nitrogens with zero attached hydrogens (tertiary/aromatic N) is 1. The molecular weight excluding hydrogens is 310 g/mol. The molecule has 4 rings (SSSR count). The lowest BCUT2D eigenvalue weighted by molar-refractivity contribution is 1.41. The number of hydrogen-bond donors (Lipinski definition) is 0. The van der Waals surface area contributed by atoms with Crippen LogP contribution in [-0.2, 0) is 0 Å². The van der Waals surface area contributed by atoms with E-state index in [9.17, 15) is 0 Å². The van der Waals surface area contributed by atoms with Crippen molar-refractivity contribution in [3.8, 4) is 0 Å². The maximum atomic E-state index is 4.87. The molecule has 116 valence electrons. The zero-order chi connectivity index (χ0) is 16.4. The number of aryl methyl sites for hydroxylation is 1. The van der Waals surface area contributed by atoms with Gasteiger partial charge in [-0.15, -0.1) is 11.3 Å². The largest absolute Gasteiger partial charge is 0.236 e. The van der Waals surface area contributed by atoms with E-state index in [-0.39, 0.29) is 0 Å². The van der Waals surface area contributed by atoms with Gasteiger partial charge in [0.05, 0.1) is 10.2 Å². The van der Waals surface area contributed by atoms with E-state index in [1.807, 2.05) is 12.1 Å². The van der Waals surface area contributed by atoms with Crippen LogP contribution in [0.5, 0.6) is 0 Å². The number of rotatable bonds is 3. The molecule has 0 aliphatic heterocycles. The van der Waals surface area contributed by atoms with Crippen molar-refractivity contribution < 1.29 is 0 Å². The van der Waals surface area contributed by atoms with E-state index in [0.29, 0.717) is 0 Å². The van der Waals surface area contributed by atoms with Crippen molar-refractivity contribution in [3.63, 3.8) is 0 Å². The fraction of sp³-hybridized carbons (Fsp3) is 0.0455. The minimum absolute atomic E-state index is 1.06. The van der Waals surface area contributed by atoms with Crippen LogP contribution in [0.4, 0.5) is 0 Å². The Labute approximate surface area is 145 Å².